The lowest BCUT2D eigenvalue weighted by Gasteiger charge is -2.40. The minimum Gasteiger partial charge on any atom is -0.546 e. The van der Waals surface area contributed by atoms with Crippen LogP contribution in [0, 0.1) is 17.8 Å². The summed E-state index contributed by atoms with van der Waals surface area (Å²) in [5, 5.41) is 9.47. The highest BCUT2D eigenvalue weighted by atomic mass is 28.4. The van der Waals surface area contributed by atoms with Crippen LogP contribution in [0.1, 0.15) is 41.0 Å². The second-order valence-corrected chi connectivity index (χ2v) is 11.3. The fraction of sp³-hybridized carbons (Fsp3) is 0.667. The minimum atomic E-state index is -2.07. The molecule has 1 atom stereocenters. The summed E-state index contributed by atoms with van der Waals surface area (Å²) in [4.78, 5) is 11.5. The summed E-state index contributed by atoms with van der Waals surface area (Å²) in [5.74, 6) is 1.97. The number of carboxylic acids is 1. The second kappa shape index (κ2) is 5.83. The van der Waals surface area contributed by atoms with Crippen molar-refractivity contribution in [1.29, 1.82) is 0 Å². The molecule has 4 heteroatoms. The van der Waals surface area contributed by atoms with Crippen LogP contribution in [0.15, 0.2) is 11.8 Å². The van der Waals surface area contributed by atoms with Crippen LogP contribution in [-0.2, 0) is 9.22 Å². The van der Waals surface area contributed by atoms with Crippen LogP contribution in [-0.4, -0.2) is 19.4 Å². The molecule has 0 aromatic heterocycles. The van der Waals surface area contributed by atoms with Gasteiger partial charge in [0.2, 0.25) is 8.32 Å². The van der Waals surface area contributed by atoms with Crippen LogP contribution >= 0.6 is 0 Å². The van der Waals surface area contributed by atoms with Gasteiger partial charge in [0, 0.05) is 6.42 Å². The first kappa shape index (κ1) is 17.8. The van der Waals surface area contributed by atoms with Gasteiger partial charge in [-0.15, -0.1) is 12.3 Å². The van der Waals surface area contributed by atoms with E-state index < -0.39 is 19.7 Å². The highest BCUT2D eigenvalue weighted by Crippen LogP contribution is 2.42. The summed E-state index contributed by atoms with van der Waals surface area (Å²) in [6.07, 6.45) is 7.16. The second-order valence-electron chi connectivity index (χ2n) is 6.53. The molecular formula is C15H26O3Si. The quantitative estimate of drug-likeness (QED) is 0.470. The zero-order chi connectivity index (χ0) is 15.5. The number of hydrogen-bond donors (Lipinski definition) is 1. The molecule has 0 aromatic carbocycles. The summed E-state index contributed by atoms with van der Waals surface area (Å²) < 4.78 is 6.15. The molecular weight excluding hydrogens is 256 g/mol. The Bertz CT molecular complexity index is 410. The highest BCUT2D eigenvalue weighted by molar-refractivity contribution is 6.74. The van der Waals surface area contributed by atoms with Crippen LogP contribution in [0.2, 0.25) is 18.1 Å². The van der Waals surface area contributed by atoms with Gasteiger partial charge in [-0.05, 0) is 32.0 Å². The average molecular weight is 282 g/mol. The molecule has 0 fully saturated rings. The van der Waals surface area contributed by atoms with Gasteiger partial charge in [0.15, 0.2) is 0 Å². The lowest BCUT2D eigenvalue weighted by Crippen LogP contribution is -2.44. The van der Waals surface area contributed by atoms with Gasteiger partial charge in [-0.1, -0.05) is 26.8 Å². The molecule has 0 aliphatic carbocycles. The maximum Gasteiger partial charge on any atom is 0.317 e. The SMILES string of the molecule is C#CCC(C)(C(=O)O)/C(=C/C)O[Si](C)(C)C(C)(C)C. The summed E-state index contributed by atoms with van der Waals surface area (Å²) >= 11 is 0. The van der Waals surface area contributed by atoms with Crippen LogP contribution in [0.5, 0.6) is 0 Å². The molecule has 0 saturated heterocycles. The van der Waals surface area contributed by atoms with E-state index in [4.69, 9.17) is 10.8 Å². The smallest absolute Gasteiger partial charge is 0.317 e. The third kappa shape index (κ3) is 3.87. The highest BCUT2D eigenvalue weighted by Gasteiger charge is 2.45. The van der Waals surface area contributed by atoms with Crippen molar-refractivity contribution in [3.05, 3.63) is 11.8 Å². The Morgan fingerprint density at radius 3 is 2.11 bits per heavy atom. The van der Waals surface area contributed by atoms with E-state index in [9.17, 15) is 9.90 Å². The van der Waals surface area contributed by atoms with Gasteiger partial charge in [0.05, 0.1) is 5.76 Å². The van der Waals surface area contributed by atoms with E-state index in [1.54, 1.807) is 19.9 Å². The number of aliphatic carboxylic acids is 1. The third-order valence-corrected chi connectivity index (χ3v) is 8.25. The van der Waals surface area contributed by atoms with Crippen molar-refractivity contribution >= 4 is 14.3 Å². The Kier molecular flexibility index (Phi) is 5.46. The Morgan fingerprint density at radius 2 is 1.84 bits per heavy atom. The molecule has 0 saturated carbocycles. The van der Waals surface area contributed by atoms with Crippen molar-refractivity contribution in [3.63, 3.8) is 0 Å². The van der Waals surface area contributed by atoms with E-state index in [-0.39, 0.29) is 11.5 Å². The summed E-state index contributed by atoms with van der Waals surface area (Å²) in [6.45, 7) is 13.9. The molecule has 0 heterocycles. The Morgan fingerprint density at radius 1 is 1.37 bits per heavy atom. The maximum atomic E-state index is 11.5. The van der Waals surface area contributed by atoms with Crippen molar-refractivity contribution in [2.24, 2.45) is 5.41 Å². The van der Waals surface area contributed by atoms with E-state index in [2.05, 4.69) is 39.8 Å². The number of hydrogen-bond acceptors (Lipinski definition) is 2. The molecule has 1 N–H and O–H groups in total. The lowest BCUT2D eigenvalue weighted by atomic mass is 9.85. The minimum absolute atomic E-state index is 0.0107. The van der Waals surface area contributed by atoms with Gasteiger partial charge in [-0.2, -0.15) is 0 Å². The van der Waals surface area contributed by atoms with Gasteiger partial charge >= 0.3 is 5.97 Å². The van der Waals surface area contributed by atoms with E-state index in [0.29, 0.717) is 5.76 Å². The number of terminal acetylenes is 1. The standard InChI is InChI=1S/C15H26O3Si/c1-9-11-15(6,13(16)17)12(10-2)18-19(7,8)14(3,4)5/h1,10H,11H2,2-8H3,(H,16,17)/b12-10-. The molecule has 19 heavy (non-hydrogen) atoms. The molecule has 108 valence electrons. The van der Waals surface area contributed by atoms with E-state index in [1.165, 1.54) is 0 Å². The van der Waals surface area contributed by atoms with Crippen LogP contribution in [0.4, 0.5) is 0 Å². The largest absolute Gasteiger partial charge is 0.546 e. The predicted octanol–water partition coefficient (Wildman–Crippen LogP) is 4.03. The van der Waals surface area contributed by atoms with Crippen molar-refractivity contribution in [2.45, 2.75) is 59.2 Å². The monoisotopic (exact) mass is 282 g/mol. The van der Waals surface area contributed by atoms with E-state index in [0.717, 1.165) is 0 Å². The molecule has 0 spiro atoms. The lowest BCUT2D eigenvalue weighted by molar-refractivity contribution is -0.146. The Labute approximate surface area is 118 Å². The van der Waals surface area contributed by atoms with E-state index >= 15 is 0 Å². The third-order valence-electron chi connectivity index (χ3n) is 3.90. The van der Waals surface area contributed by atoms with Crippen LogP contribution < -0.4 is 0 Å². The van der Waals surface area contributed by atoms with Crippen LogP contribution in [0.3, 0.4) is 0 Å². The molecule has 0 bridgehead atoms. The van der Waals surface area contributed by atoms with Crippen LogP contribution in [0.25, 0.3) is 0 Å². The molecule has 0 aliphatic heterocycles. The number of rotatable bonds is 5. The molecule has 0 radical (unpaired) electrons. The van der Waals surface area contributed by atoms with Crippen molar-refractivity contribution in [2.75, 3.05) is 0 Å². The summed E-state index contributed by atoms with van der Waals surface area (Å²) in [5.41, 5.74) is -1.15. The predicted molar refractivity (Wildman–Crippen MR) is 81.2 cm³/mol. The number of allylic oxidation sites excluding steroid dienone is 1. The zero-order valence-electron chi connectivity index (χ0n) is 13.1. The Hall–Kier alpha value is -1.21. The first-order valence-corrected chi connectivity index (χ1v) is 9.36. The topological polar surface area (TPSA) is 46.5 Å². The molecule has 0 aliphatic rings. The van der Waals surface area contributed by atoms with E-state index in [1.807, 2.05) is 0 Å². The fourth-order valence-corrected chi connectivity index (χ4v) is 2.59. The first-order chi connectivity index (χ1) is 8.42. The molecule has 0 amide bonds. The number of carboxylic acid groups (broad SMARTS) is 1. The number of carbonyl (C=O) groups is 1. The van der Waals surface area contributed by atoms with Crippen molar-refractivity contribution in [1.82, 2.24) is 0 Å². The molecule has 0 aromatic rings. The van der Waals surface area contributed by atoms with Gasteiger partial charge in [-0.3, -0.25) is 4.79 Å². The Balaban J connectivity index is 5.48. The first-order valence-electron chi connectivity index (χ1n) is 6.45. The normalized spacial score (nSPS) is 16.4. The van der Waals surface area contributed by atoms with Gasteiger partial charge in [0.25, 0.3) is 0 Å². The summed E-state index contributed by atoms with van der Waals surface area (Å²) in [6, 6.07) is 0. The molecule has 3 nitrogen and oxygen atoms in total. The molecule has 0 rings (SSSR count). The van der Waals surface area contributed by atoms with Crippen molar-refractivity contribution in [3.8, 4) is 12.3 Å². The zero-order valence-corrected chi connectivity index (χ0v) is 14.1. The molecule has 1 unspecified atom stereocenters. The van der Waals surface area contributed by atoms with Gasteiger partial charge in [-0.25, -0.2) is 0 Å². The summed E-state index contributed by atoms with van der Waals surface area (Å²) in [7, 11) is -2.07. The van der Waals surface area contributed by atoms with Gasteiger partial charge < -0.3 is 9.53 Å². The maximum absolute atomic E-state index is 11.5. The fourth-order valence-electron chi connectivity index (χ4n) is 1.39. The van der Waals surface area contributed by atoms with Gasteiger partial charge in [0.1, 0.15) is 5.41 Å². The average Bonchev–Trinajstić information content (AvgIpc) is 2.24. The van der Waals surface area contributed by atoms with Crippen molar-refractivity contribution < 1.29 is 14.3 Å².